The lowest BCUT2D eigenvalue weighted by atomic mass is 10.00. The van der Waals surface area contributed by atoms with E-state index in [9.17, 15) is 0 Å². The van der Waals surface area contributed by atoms with Gasteiger partial charge in [0.1, 0.15) is 5.82 Å². The molecular formula is C16H27N3O. The number of nitrogen functional groups attached to an aromatic ring is 1. The van der Waals surface area contributed by atoms with Crippen LogP contribution in [0.1, 0.15) is 46.5 Å². The highest BCUT2D eigenvalue weighted by Gasteiger charge is 2.21. The predicted molar refractivity (Wildman–Crippen MR) is 84.0 cm³/mol. The summed E-state index contributed by atoms with van der Waals surface area (Å²) in [5.41, 5.74) is 6.51. The van der Waals surface area contributed by atoms with E-state index >= 15 is 0 Å². The van der Waals surface area contributed by atoms with Crippen LogP contribution < -0.4 is 15.8 Å². The second-order valence-electron chi connectivity index (χ2n) is 6.27. The normalized spacial score (nSPS) is 17.4. The standard InChI is InChI=1S/C16H27N3O/c1-11(2)10-20-16-14(17)8-9-15(19-16)18-12(3)13-6-4-5-7-13/h8-9,11-13H,4-7,10,17H2,1-3H3,(H,18,19). The number of hydrogen-bond donors (Lipinski definition) is 2. The largest absolute Gasteiger partial charge is 0.476 e. The number of nitrogens with zero attached hydrogens (tertiary/aromatic N) is 1. The minimum absolute atomic E-state index is 0.451. The van der Waals surface area contributed by atoms with Crippen molar-refractivity contribution in [2.75, 3.05) is 17.7 Å². The first-order chi connectivity index (χ1) is 9.56. The summed E-state index contributed by atoms with van der Waals surface area (Å²) in [5, 5.41) is 3.49. The molecule has 0 aliphatic heterocycles. The number of rotatable bonds is 6. The molecule has 1 atom stereocenters. The van der Waals surface area contributed by atoms with Crippen LogP contribution in [0.25, 0.3) is 0 Å². The van der Waals surface area contributed by atoms with Crippen molar-refractivity contribution in [1.82, 2.24) is 4.98 Å². The van der Waals surface area contributed by atoms with Crippen LogP contribution in [0.5, 0.6) is 5.88 Å². The average molecular weight is 277 g/mol. The second-order valence-corrected chi connectivity index (χ2v) is 6.27. The monoisotopic (exact) mass is 277 g/mol. The maximum absolute atomic E-state index is 5.91. The topological polar surface area (TPSA) is 60.2 Å². The maximum atomic E-state index is 5.91. The first kappa shape index (κ1) is 14.9. The van der Waals surface area contributed by atoms with Gasteiger partial charge in [0.25, 0.3) is 0 Å². The van der Waals surface area contributed by atoms with Crippen LogP contribution in [0, 0.1) is 11.8 Å². The van der Waals surface area contributed by atoms with E-state index in [1.165, 1.54) is 25.7 Å². The number of nitrogens with one attached hydrogen (secondary N) is 1. The molecule has 0 spiro atoms. The Hall–Kier alpha value is -1.45. The highest BCUT2D eigenvalue weighted by molar-refractivity contribution is 5.53. The maximum Gasteiger partial charge on any atom is 0.239 e. The molecule has 4 nitrogen and oxygen atoms in total. The number of ether oxygens (including phenoxy) is 1. The van der Waals surface area contributed by atoms with Crippen molar-refractivity contribution in [2.45, 2.75) is 52.5 Å². The molecule has 1 saturated carbocycles. The van der Waals surface area contributed by atoms with Gasteiger partial charge in [-0.2, -0.15) is 4.98 Å². The highest BCUT2D eigenvalue weighted by Crippen LogP contribution is 2.29. The number of anilines is 2. The lowest BCUT2D eigenvalue weighted by Crippen LogP contribution is -2.24. The Labute approximate surface area is 122 Å². The summed E-state index contributed by atoms with van der Waals surface area (Å²) >= 11 is 0. The predicted octanol–water partition coefficient (Wildman–Crippen LogP) is 3.69. The number of aromatic nitrogens is 1. The Morgan fingerprint density at radius 3 is 2.65 bits per heavy atom. The fourth-order valence-electron chi connectivity index (χ4n) is 2.70. The first-order valence-electron chi connectivity index (χ1n) is 7.72. The second kappa shape index (κ2) is 6.82. The van der Waals surface area contributed by atoms with E-state index in [-0.39, 0.29) is 0 Å². The van der Waals surface area contributed by atoms with Gasteiger partial charge in [-0.15, -0.1) is 0 Å². The van der Waals surface area contributed by atoms with Crippen molar-refractivity contribution in [3.63, 3.8) is 0 Å². The molecule has 0 aromatic carbocycles. The zero-order chi connectivity index (χ0) is 14.5. The minimum atomic E-state index is 0.451. The fourth-order valence-corrected chi connectivity index (χ4v) is 2.70. The van der Waals surface area contributed by atoms with Gasteiger partial charge in [-0.1, -0.05) is 26.7 Å². The smallest absolute Gasteiger partial charge is 0.239 e. The molecule has 4 heteroatoms. The van der Waals surface area contributed by atoms with E-state index in [0.717, 1.165) is 11.7 Å². The number of nitrogens with two attached hydrogens (primary N) is 1. The zero-order valence-electron chi connectivity index (χ0n) is 12.9. The molecule has 112 valence electrons. The van der Waals surface area contributed by atoms with Gasteiger partial charge < -0.3 is 15.8 Å². The molecule has 1 fully saturated rings. The van der Waals surface area contributed by atoms with E-state index in [0.29, 0.717) is 30.1 Å². The molecule has 2 rings (SSSR count). The lowest BCUT2D eigenvalue weighted by Gasteiger charge is -2.21. The first-order valence-corrected chi connectivity index (χ1v) is 7.72. The molecule has 0 radical (unpaired) electrons. The molecular weight excluding hydrogens is 250 g/mol. The van der Waals surface area contributed by atoms with E-state index in [1.54, 1.807) is 0 Å². The summed E-state index contributed by atoms with van der Waals surface area (Å²) < 4.78 is 5.67. The molecule has 1 unspecified atom stereocenters. The summed E-state index contributed by atoms with van der Waals surface area (Å²) in [6.07, 6.45) is 5.35. The Bertz CT molecular complexity index is 428. The molecule has 0 bridgehead atoms. The van der Waals surface area contributed by atoms with Crippen molar-refractivity contribution in [3.8, 4) is 5.88 Å². The third kappa shape index (κ3) is 4.02. The van der Waals surface area contributed by atoms with Crippen molar-refractivity contribution in [3.05, 3.63) is 12.1 Å². The Morgan fingerprint density at radius 2 is 2.00 bits per heavy atom. The third-order valence-corrected chi connectivity index (χ3v) is 3.93. The molecule has 0 amide bonds. The van der Waals surface area contributed by atoms with E-state index in [1.807, 2.05) is 12.1 Å². The van der Waals surface area contributed by atoms with Crippen molar-refractivity contribution < 1.29 is 4.74 Å². The van der Waals surface area contributed by atoms with Gasteiger partial charge in [0.05, 0.1) is 12.3 Å². The molecule has 1 aliphatic carbocycles. The van der Waals surface area contributed by atoms with Crippen molar-refractivity contribution in [1.29, 1.82) is 0 Å². The van der Waals surface area contributed by atoms with Gasteiger partial charge in [-0.25, -0.2) is 0 Å². The summed E-state index contributed by atoms with van der Waals surface area (Å²) in [6, 6.07) is 4.25. The van der Waals surface area contributed by atoms with Crippen LogP contribution in [-0.4, -0.2) is 17.6 Å². The molecule has 1 aromatic heterocycles. The van der Waals surface area contributed by atoms with Crippen molar-refractivity contribution >= 4 is 11.5 Å². The molecule has 3 N–H and O–H groups in total. The highest BCUT2D eigenvalue weighted by atomic mass is 16.5. The van der Waals surface area contributed by atoms with E-state index < -0.39 is 0 Å². The van der Waals surface area contributed by atoms with E-state index in [2.05, 4.69) is 31.1 Å². The molecule has 1 aliphatic rings. The summed E-state index contributed by atoms with van der Waals surface area (Å²) in [5.74, 6) is 2.62. The summed E-state index contributed by atoms with van der Waals surface area (Å²) in [4.78, 5) is 4.50. The third-order valence-electron chi connectivity index (χ3n) is 3.93. The summed E-state index contributed by atoms with van der Waals surface area (Å²) in [6.45, 7) is 7.10. The van der Waals surface area contributed by atoms with Gasteiger partial charge >= 0.3 is 0 Å². The van der Waals surface area contributed by atoms with Crippen LogP contribution in [-0.2, 0) is 0 Å². The van der Waals surface area contributed by atoms with Crippen LogP contribution in [0.4, 0.5) is 11.5 Å². The molecule has 1 heterocycles. The van der Waals surface area contributed by atoms with E-state index in [4.69, 9.17) is 10.5 Å². The number of hydrogen-bond acceptors (Lipinski definition) is 4. The van der Waals surface area contributed by atoms with Crippen LogP contribution in [0.3, 0.4) is 0 Å². The molecule has 1 aromatic rings. The Balaban J connectivity index is 1.98. The van der Waals surface area contributed by atoms with Gasteiger partial charge in [0.15, 0.2) is 0 Å². The van der Waals surface area contributed by atoms with Crippen molar-refractivity contribution in [2.24, 2.45) is 11.8 Å². The molecule has 20 heavy (non-hydrogen) atoms. The Kier molecular flexibility index (Phi) is 5.10. The minimum Gasteiger partial charge on any atom is -0.476 e. The molecule has 0 saturated heterocycles. The van der Waals surface area contributed by atoms with Gasteiger partial charge in [-0.05, 0) is 43.7 Å². The zero-order valence-corrected chi connectivity index (χ0v) is 12.9. The van der Waals surface area contributed by atoms with Gasteiger partial charge in [-0.3, -0.25) is 0 Å². The van der Waals surface area contributed by atoms with Crippen LogP contribution >= 0.6 is 0 Å². The number of pyridine rings is 1. The Morgan fingerprint density at radius 1 is 1.30 bits per heavy atom. The summed E-state index contributed by atoms with van der Waals surface area (Å²) in [7, 11) is 0. The SMILES string of the molecule is CC(C)COc1nc(NC(C)C2CCCC2)ccc1N. The average Bonchev–Trinajstić information content (AvgIpc) is 2.93. The van der Waals surface area contributed by atoms with Crippen LogP contribution in [0.15, 0.2) is 12.1 Å². The van der Waals surface area contributed by atoms with Crippen LogP contribution in [0.2, 0.25) is 0 Å². The quantitative estimate of drug-likeness (QED) is 0.832. The lowest BCUT2D eigenvalue weighted by molar-refractivity contribution is 0.263. The van der Waals surface area contributed by atoms with Gasteiger partial charge in [0.2, 0.25) is 5.88 Å². The van der Waals surface area contributed by atoms with Gasteiger partial charge in [0, 0.05) is 6.04 Å². The fraction of sp³-hybridized carbons (Fsp3) is 0.688.